The van der Waals surface area contributed by atoms with Crippen molar-refractivity contribution in [1.29, 1.82) is 0 Å². The summed E-state index contributed by atoms with van der Waals surface area (Å²) in [5.74, 6) is -0.485. The molecular formula is C11H17O5. The highest BCUT2D eigenvalue weighted by molar-refractivity contribution is 5.66. The molecule has 5 nitrogen and oxygen atoms in total. The Morgan fingerprint density at radius 2 is 2.38 bits per heavy atom. The first-order chi connectivity index (χ1) is 7.62. The van der Waals surface area contributed by atoms with Gasteiger partial charge in [0.25, 0.3) is 0 Å². The van der Waals surface area contributed by atoms with Crippen molar-refractivity contribution in [2.24, 2.45) is 0 Å². The second-order valence-corrected chi connectivity index (χ2v) is 3.79. The van der Waals surface area contributed by atoms with Gasteiger partial charge in [-0.15, -0.1) is 0 Å². The molecule has 0 aromatic heterocycles. The molecule has 0 aromatic rings. The molecular weight excluding hydrogens is 212 g/mol. The molecule has 0 aromatic carbocycles. The van der Waals surface area contributed by atoms with E-state index in [4.69, 9.17) is 14.2 Å². The Morgan fingerprint density at radius 1 is 1.69 bits per heavy atom. The van der Waals surface area contributed by atoms with E-state index in [1.54, 1.807) is 0 Å². The van der Waals surface area contributed by atoms with Crippen LogP contribution in [0.5, 0.6) is 0 Å². The van der Waals surface area contributed by atoms with E-state index in [0.29, 0.717) is 19.6 Å². The highest BCUT2D eigenvalue weighted by Gasteiger charge is 2.30. The molecule has 1 fully saturated rings. The first-order valence-corrected chi connectivity index (χ1v) is 5.22. The lowest BCUT2D eigenvalue weighted by molar-refractivity contribution is -0.159. The number of hydrogen-bond acceptors (Lipinski definition) is 4. The van der Waals surface area contributed by atoms with Crippen LogP contribution in [0.15, 0.2) is 12.7 Å². The van der Waals surface area contributed by atoms with Crippen molar-refractivity contribution < 1.29 is 24.1 Å². The van der Waals surface area contributed by atoms with Gasteiger partial charge in [-0.05, 0) is 6.08 Å². The summed E-state index contributed by atoms with van der Waals surface area (Å²) in [7, 11) is 0. The van der Waals surface area contributed by atoms with E-state index in [9.17, 15) is 9.90 Å². The fraction of sp³-hybridized carbons (Fsp3) is 0.727. The Kier molecular flexibility index (Phi) is 4.92. The van der Waals surface area contributed by atoms with E-state index in [1.165, 1.54) is 13.0 Å². The third-order valence-electron chi connectivity index (χ3n) is 2.34. The molecule has 0 aliphatic carbocycles. The van der Waals surface area contributed by atoms with E-state index >= 15 is 0 Å². The lowest BCUT2D eigenvalue weighted by Gasteiger charge is -2.26. The summed E-state index contributed by atoms with van der Waals surface area (Å²) in [6.45, 7) is 5.86. The number of epoxide rings is 1. The zero-order chi connectivity index (χ0) is 12.0. The molecule has 1 saturated heterocycles. The molecule has 1 heterocycles. The normalized spacial score (nSPS) is 22.2. The average Bonchev–Trinajstić information content (AvgIpc) is 3.06. The number of esters is 1. The third kappa shape index (κ3) is 4.30. The fourth-order valence-corrected chi connectivity index (χ4v) is 1.27. The molecule has 0 spiro atoms. The van der Waals surface area contributed by atoms with E-state index < -0.39 is 18.2 Å². The average molecular weight is 229 g/mol. The maximum Gasteiger partial charge on any atom is 0.303 e. The van der Waals surface area contributed by atoms with Gasteiger partial charge < -0.3 is 14.2 Å². The summed E-state index contributed by atoms with van der Waals surface area (Å²) in [6.07, 6.45) is 1.89. The summed E-state index contributed by atoms with van der Waals surface area (Å²) in [5, 5.41) is 11.0. The quantitative estimate of drug-likeness (QED) is 0.266. The highest BCUT2D eigenvalue weighted by Crippen LogP contribution is 2.18. The molecule has 2 unspecified atom stereocenters. The Morgan fingerprint density at radius 3 is 2.81 bits per heavy atom. The number of rotatable bonds is 8. The molecule has 0 bridgehead atoms. The van der Waals surface area contributed by atoms with Crippen LogP contribution in [-0.2, 0) is 24.1 Å². The predicted molar refractivity (Wildman–Crippen MR) is 55.4 cm³/mol. The Bertz CT molecular complexity index is 249. The summed E-state index contributed by atoms with van der Waals surface area (Å²) in [4.78, 5) is 10.9. The number of carbonyl (C=O) groups is 1. The van der Waals surface area contributed by atoms with Crippen LogP contribution < -0.4 is 0 Å². The predicted octanol–water partition coefficient (Wildman–Crippen LogP) is 0.710. The van der Waals surface area contributed by atoms with Gasteiger partial charge in [0.05, 0.1) is 19.8 Å². The van der Waals surface area contributed by atoms with Crippen LogP contribution in [-0.4, -0.2) is 44.1 Å². The summed E-state index contributed by atoms with van der Waals surface area (Å²) < 4.78 is 15.2. The van der Waals surface area contributed by atoms with Gasteiger partial charge in [-0.2, -0.15) is 0 Å². The Labute approximate surface area is 95.0 Å². The van der Waals surface area contributed by atoms with Crippen LogP contribution in [0.4, 0.5) is 0 Å². The topological polar surface area (TPSA) is 68.0 Å². The van der Waals surface area contributed by atoms with Crippen molar-refractivity contribution in [2.45, 2.75) is 25.0 Å². The lowest BCUT2D eigenvalue weighted by Crippen LogP contribution is -2.37. The van der Waals surface area contributed by atoms with Gasteiger partial charge >= 0.3 is 5.97 Å². The van der Waals surface area contributed by atoms with Crippen molar-refractivity contribution >= 4 is 5.97 Å². The Balaban J connectivity index is 2.29. The van der Waals surface area contributed by atoms with Gasteiger partial charge in [-0.25, -0.2) is 5.11 Å². The second-order valence-electron chi connectivity index (χ2n) is 3.79. The molecule has 1 radical (unpaired) electrons. The highest BCUT2D eigenvalue weighted by atomic mass is 16.6. The molecule has 1 aliphatic rings. The van der Waals surface area contributed by atoms with Gasteiger partial charge in [0, 0.05) is 13.3 Å². The molecule has 16 heavy (non-hydrogen) atoms. The maximum atomic E-state index is 11.0. The van der Waals surface area contributed by atoms with E-state index in [2.05, 4.69) is 6.58 Å². The number of ether oxygens (including phenoxy) is 3. The zero-order valence-electron chi connectivity index (χ0n) is 9.44. The van der Waals surface area contributed by atoms with Crippen molar-refractivity contribution in [1.82, 2.24) is 0 Å². The minimum Gasteiger partial charge on any atom is -0.452 e. The smallest absolute Gasteiger partial charge is 0.303 e. The van der Waals surface area contributed by atoms with Crippen molar-refractivity contribution in [2.75, 3.05) is 26.4 Å². The maximum absolute atomic E-state index is 11.0. The molecule has 2 atom stereocenters. The van der Waals surface area contributed by atoms with Crippen molar-refractivity contribution in [3.63, 3.8) is 0 Å². The first-order valence-electron chi connectivity index (χ1n) is 5.22. The minimum absolute atomic E-state index is 0.194. The van der Waals surface area contributed by atoms with E-state index in [0.717, 1.165) is 6.61 Å². The van der Waals surface area contributed by atoms with E-state index in [1.807, 2.05) is 0 Å². The van der Waals surface area contributed by atoms with Gasteiger partial charge in [0.15, 0.2) is 5.60 Å². The molecule has 0 amide bonds. The monoisotopic (exact) mass is 229 g/mol. The minimum atomic E-state index is -1.14. The second kappa shape index (κ2) is 5.98. The summed E-state index contributed by atoms with van der Waals surface area (Å²) in [5.41, 5.74) is -1.14. The van der Waals surface area contributed by atoms with Gasteiger partial charge in [-0.3, -0.25) is 4.79 Å². The molecule has 0 saturated carbocycles. The van der Waals surface area contributed by atoms with Crippen LogP contribution in [0.3, 0.4) is 0 Å². The molecule has 5 heteroatoms. The molecule has 0 N–H and O–H groups in total. The molecule has 91 valence electrons. The van der Waals surface area contributed by atoms with Crippen molar-refractivity contribution in [3.05, 3.63) is 12.7 Å². The first kappa shape index (κ1) is 13.2. The number of carbonyl (C=O) groups excluding carboxylic acids is 1. The standard InChI is InChI=1S/C11H17O5/c1-3-11(8-12,16-9(2)13)4-5-14-6-10-7-15-10/h3,10H,1,4-8H2,2H3. The van der Waals surface area contributed by atoms with Crippen LogP contribution in [0.25, 0.3) is 0 Å². The van der Waals surface area contributed by atoms with Gasteiger partial charge in [0.1, 0.15) is 12.7 Å². The summed E-state index contributed by atoms with van der Waals surface area (Å²) >= 11 is 0. The van der Waals surface area contributed by atoms with Gasteiger partial charge in [-0.1, -0.05) is 6.58 Å². The fourth-order valence-electron chi connectivity index (χ4n) is 1.27. The largest absolute Gasteiger partial charge is 0.452 e. The SMILES string of the molecule is C=CC(C[O])(CCOCC1CO1)OC(C)=O. The lowest BCUT2D eigenvalue weighted by atomic mass is 10.0. The Hall–Kier alpha value is -0.910. The molecule has 1 aliphatic heterocycles. The summed E-state index contributed by atoms with van der Waals surface area (Å²) in [6, 6.07) is 0. The van der Waals surface area contributed by atoms with Crippen LogP contribution in [0, 0.1) is 0 Å². The molecule has 1 rings (SSSR count). The van der Waals surface area contributed by atoms with E-state index in [-0.39, 0.29) is 6.10 Å². The van der Waals surface area contributed by atoms with Crippen molar-refractivity contribution in [3.8, 4) is 0 Å². The number of hydrogen-bond donors (Lipinski definition) is 0. The van der Waals surface area contributed by atoms with Gasteiger partial charge in [0.2, 0.25) is 0 Å². The van der Waals surface area contributed by atoms with Crippen LogP contribution in [0.1, 0.15) is 13.3 Å². The van der Waals surface area contributed by atoms with Crippen LogP contribution in [0.2, 0.25) is 0 Å². The third-order valence-corrected chi connectivity index (χ3v) is 2.34. The zero-order valence-corrected chi connectivity index (χ0v) is 9.44. The van der Waals surface area contributed by atoms with Crippen LogP contribution >= 0.6 is 0 Å².